The predicted molar refractivity (Wildman–Crippen MR) is 88.6 cm³/mol. The Morgan fingerprint density at radius 2 is 1.86 bits per heavy atom. The highest BCUT2D eigenvalue weighted by atomic mass is 32.2. The van der Waals surface area contributed by atoms with Crippen molar-refractivity contribution < 1.29 is 9.53 Å². The molecule has 0 saturated carbocycles. The lowest BCUT2D eigenvalue weighted by Gasteiger charge is -2.44. The SMILES string of the molecule is CC(C)CN1CCSC12CCN(C(=O)OC(C)(C)C)CC2. The Hall–Kier alpha value is -0.420. The zero-order valence-electron chi connectivity index (χ0n) is 14.1. The van der Waals surface area contributed by atoms with Gasteiger partial charge in [-0.3, -0.25) is 4.90 Å². The Morgan fingerprint density at radius 3 is 2.38 bits per heavy atom. The summed E-state index contributed by atoms with van der Waals surface area (Å²) in [7, 11) is 0. The number of hydrogen-bond donors (Lipinski definition) is 0. The Morgan fingerprint density at radius 1 is 1.24 bits per heavy atom. The quantitative estimate of drug-likeness (QED) is 0.782. The molecule has 2 fully saturated rings. The summed E-state index contributed by atoms with van der Waals surface area (Å²) in [5.74, 6) is 1.92. The first-order valence-electron chi connectivity index (χ1n) is 8.09. The Kier molecular flexibility index (Phi) is 5.14. The van der Waals surface area contributed by atoms with E-state index in [1.807, 2.05) is 25.7 Å². The smallest absolute Gasteiger partial charge is 0.410 e. The van der Waals surface area contributed by atoms with Crippen LogP contribution in [0, 0.1) is 5.92 Å². The number of hydrogen-bond acceptors (Lipinski definition) is 4. The molecule has 2 aliphatic rings. The van der Waals surface area contributed by atoms with E-state index in [9.17, 15) is 4.79 Å². The summed E-state index contributed by atoms with van der Waals surface area (Å²) in [6.07, 6.45) is 1.96. The highest BCUT2D eigenvalue weighted by molar-refractivity contribution is 8.00. The van der Waals surface area contributed by atoms with Crippen LogP contribution >= 0.6 is 11.8 Å². The fourth-order valence-corrected chi connectivity index (χ4v) is 4.68. The van der Waals surface area contributed by atoms with E-state index in [0.717, 1.165) is 25.9 Å². The van der Waals surface area contributed by atoms with Gasteiger partial charge in [0.1, 0.15) is 5.60 Å². The maximum atomic E-state index is 12.2. The molecule has 1 amide bonds. The monoisotopic (exact) mass is 314 g/mol. The lowest BCUT2D eigenvalue weighted by atomic mass is 10.0. The van der Waals surface area contributed by atoms with E-state index in [0.29, 0.717) is 5.92 Å². The maximum Gasteiger partial charge on any atom is 0.410 e. The number of rotatable bonds is 2. The minimum Gasteiger partial charge on any atom is -0.444 e. The van der Waals surface area contributed by atoms with Gasteiger partial charge in [0.25, 0.3) is 0 Å². The number of amides is 1. The van der Waals surface area contributed by atoms with Crippen LogP contribution in [0.15, 0.2) is 0 Å². The van der Waals surface area contributed by atoms with Gasteiger partial charge in [-0.25, -0.2) is 4.79 Å². The first-order chi connectivity index (χ1) is 9.72. The fraction of sp³-hybridized carbons (Fsp3) is 0.938. The van der Waals surface area contributed by atoms with Crippen LogP contribution in [0.4, 0.5) is 4.79 Å². The predicted octanol–water partition coefficient (Wildman–Crippen LogP) is 3.42. The van der Waals surface area contributed by atoms with Gasteiger partial charge in [-0.2, -0.15) is 0 Å². The van der Waals surface area contributed by atoms with E-state index in [2.05, 4.69) is 30.5 Å². The van der Waals surface area contributed by atoms with Crippen molar-refractivity contribution in [3.63, 3.8) is 0 Å². The zero-order chi connectivity index (χ0) is 15.7. The molecule has 0 radical (unpaired) electrons. The molecule has 1 spiro atoms. The van der Waals surface area contributed by atoms with Crippen LogP contribution in [-0.4, -0.2) is 58.3 Å². The van der Waals surface area contributed by atoms with Crippen LogP contribution in [-0.2, 0) is 4.74 Å². The van der Waals surface area contributed by atoms with Gasteiger partial charge in [0.15, 0.2) is 0 Å². The van der Waals surface area contributed by atoms with E-state index < -0.39 is 5.60 Å². The molecule has 0 aromatic heterocycles. The number of carbonyl (C=O) groups is 1. The van der Waals surface area contributed by atoms with Crippen molar-refractivity contribution in [1.29, 1.82) is 0 Å². The second-order valence-corrected chi connectivity index (χ2v) is 9.06. The normalized spacial score (nSPS) is 23.0. The molecule has 4 nitrogen and oxygen atoms in total. The molecule has 0 aliphatic carbocycles. The van der Waals surface area contributed by atoms with Crippen LogP contribution in [0.2, 0.25) is 0 Å². The van der Waals surface area contributed by atoms with Gasteiger partial charge in [-0.05, 0) is 39.5 Å². The molecule has 21 heavy (non-hydrogen) atoms. The molecule has 0 N–H and O–H groups in total. The van der Waals surface area contributed by atoms with E-state index in [4.69, 9.17) is 4.74 Å². The summed E-state index contributed by atoms with van der Waals surface area (Å²) in [6.45, 7) is 14.3. The topological polar surface area (TPSA) is 32.8 Å². The van der Waals surface area contributed by atoms with Crippen molar-refractivity contribution in [2.24, 2.45) is 5.92 Å². The van der Waals surface area contributed by atoms with E-state index >= 15 is 0 Å². The first-order valence-corrected chi connectivity index (χ1v) is 9.07. The van der Waals surface area contributed by atoms with Gasteiger partial charge in [0.05, 0.1) is 4.87 Å². The molecule has 0 bridgehead atoms. The van der Waals surface area contributed by atoms with Crippen LogP contribution < -0.4 is 0 Å². The van der Waals surface area contributed by atoms with Crippen molar-refractivity contribution in [1.82, 2.24) is 9.80 Å². The molecule has 0 atom stereocenters. The number of ether oxygens (including phenoxy) is 1. The van der Waals surface area contributed by atoms with E-state index in [1.165, 1.54) is 18.8 Å². The lowest BCUT2D eigenvalue weighted by molar-refractivity contribution is 0.0118. The summed E-state index contributed by atoms with van der Waals surface area (Å²) < 4.78 is 5.49. The Bertz CT molecular complexity index is 371. The molecule has 122 valence electrons. The summed E-state index contributed by atoms with van der Waals surface area (Å²) in [5.41, 5.74) is -0.405. The first kappa shape index (κ1) is 16.9. The maximum absolute atomic E-state index is 12.2. The number of piperidine rings is 1. The number of thioether (sulfide) groups is 1. The largest absolute Gasteiger partial charge is 0.444 e. The van der Waals surface area contributed by atoms with Crippen LogP contribution in [0.1, 0.15) is 47.5 Å². The summed E-state index contributed by atoms with van der Waals surface area (Å²) >= 11 is 2.09. The molecule has 0 unspecified atom stereocenters. The van der Waals surface area contributed by atoms with Gasteiger partial charge in [0, 0.05) is 31.9 Å². The lowest BCUT2D eigenvalue weighted by Crippen LogP contribution is -2.53. The van der Waals surface area contributed by atoms with Crippen molar-refractivity contribution in [3.8, 4) is 0 Å². The third kappa shape index (κ3) is 4.28. The molecular weight excluding hydrogens is 284 g/mol. The van der Waals surface area contributed by atoms with E-state index in [-0.39, 0.29) is 11.0 Å². The van der Waals surface area contributed by atoms with Crippen LogP contribution in [0.25, 0.3) is 0 Å². The molecule has 2 heterocycles. The van der Waals surface area contributed by atoms with Gasteiger partial charge >= 0.3 is 6.09 Å². The molecule has 2 aliphatic heterocycles. The average Bonchev–Trinajstić information content (AvgIpc) is 2.70. The molecular formula is C16H30N2O2S. The summed E-state index contributed by atoms with van der Waals surface area (Å²) in [5, 5.41) is 0. The summed E-state index contributed by atoms with van der Waals surface area (Å²) in [4.78, 5) is 17.0. The molecule has 0 aromatic carbocycles. The Balaban J connectivity index is 1.91. The Labute approximate surface area is 133 Å². The van der Waals surface area contributed by atoms with Gasteiger partial charge in [-0.15, -0.1) is 11.8 Å². The minimum atomic E-state index is -0.405. The molecule has 0 aromatic rings. The van der Waals surface area contributed by atoms with Gasteiger partial charge < -0.3 is 9.64 Å². The van der Waals surface area contributed by atoms with Crippen molar-refractivity contribution >= 4 is 17.9 Å². The average molecular weight is 314 g/mol. The second-order valence-electron chi connectivity index (χ2n) is 7.60. The van der Waals surface area contributed by atoms with Crippen molar-refractivity contribution in [2.75, 3.05) is 31.9 Å². The number of nitrogens with zero attached hydrogens (tertiary/aromatic N) is 2. The summed E-state index contributed by atoms with van der Waals surface area (Å²) in [6, 6.07) is 0. The minimum absolute atomic E-state index is 0.157. The zero-order valence-corrected chi connectivity index (χ0v) is 15.0. The fourth-order valence-electron chi connectivity index (χ4n) is 3.17. The molecule has 2 saturated heterocycles. The third-order valence-corrected chi connectivity index (χ3v) is 5.68. The number of likely N-dealkylation sites (tertiary alicyclic amines) is 1. The molecule has 2 rings (SSSR count). The van der Waals surface area contributed by atoms with Crippen molar-refractivity contribution in [3.05, 3.63) is 0 Å². The van der Waals surface area contributed by atoms with Gasteiger partial charge in [0.2, 0.25) is 0 Å². The van der Waals surface area contributed by atoms with E-state index in [1.54, 1.807) is 0 Å². The van der Waals surface area contributed by atoms with Crippen LogP contribution in [0.3, 0.4) is 0 Å². The standard InChI is InChI=1S/C16H30N2O2S/c1-13(2)12-18-10-11-21-16(18)6-8-17(9-7-16)14(19)20-15(3,4)5/h13H,6-12H2,1-5H3. The van der Waals surface area contributed by atoms with Gasteiger partial charge in [-0.1, -0.05) is 13.8 Å². The highest BCUT2D eigenvalue weighted by Crippen LogP contribution is 2.44. The number of carbonyl (C=O) groups excluding carboxylic acids is 1. The molecule has 5 heteroatoms. The highest BCUT2D eigenvalue weighted by Gasteiger charge is 2.45. The van der Waals surface area contributed by atoms with Crippen molar-refractivity contribution in [2.45, 2.75) is 57.9 Å². The van der Waals surface area contributed by atoms with Crippen LogP contribution in [0.5, 0.6) is 0 Å². The third-order valence-electron chi connectivity index (χ3n) is 4.09. The second kappa shape index (κ2) is 6.37.